The molecular weight excluding hydrogens is 346 g/mol. The number of carbonyl (C=O) groups is 2. The number of carbonyl (C=O) groups excluding carboxylic acids is 2. The van der Waals surface area contributed by atoms with Gasteiger partial charge in [0.05, 0.1) is 13.1 Å². The van der Waals surface area contributed by atoms with E-state index in [2.05, 4.69) is 29.0 Å². The van der Waals surface area contributed by atoms with Gasteiger partial charge in [-0.05, 0) is 37.8 Å². The molecule has 0 radical (unpaired) electrons. The third-order valence-electron chi connectivity index (χ3n) is 5.54. The average molecular weight is 375 g/mol. The second-order valence-corrected chi connectivity index (χ2v) is 8.32. The lowest BCUT2D eigenvalue weighted by atomic mass is 9.96. The van der Waals surface area contributed by atoms with E-state index in [0.717, 1.165) is 55.8 Å². The van der Waals surface area contributed by atoms with Gasteiger partial charge < -0.3 is 15.2 Å². The first-order valence-corrected chi connectivity index (χ1v) is 10.2. The quantitative estimate of drug-likeness (QED) is 0.719. The molecule has 1 aliphatic heterocycles. The molecule has 1 amide bonds. The molecule has 1 saturated heterocycles. The van der Waals surface area contributed by atoms with E-state index in [-0.39, 0.29) is 17.6 Å². The zero-order valence-electron chi connectivity index (χ0n) is 15.6. The maximum absolute atomic E-state index is 12.8. The van der Waals surface area contributed by atoms with Crippen LogP contribution >= 0.6 is 11.3 Å². The van der Waals surface area contributed by atoms with Crippen molar-refractivity contribution < 1.29 is 14.5 Å². The number of piperidine rings is 1. The summed E-state index contributed by atoms with van der Waals surface area (Å²) in [5.41, 5.74) is 8.44. The number of nitrogens with two attached hydrogens (primary N) is 1. The van der Waals surface area contributed by atoms with E-state index in [9.17, 15) is 9.59 Å². The first-order chi connectivity index (χ1) is 12.5. The summed E-state index contributed by atoms with van der Waals surface area (Å²) in [4.78, 5) is 26.7. The Kier molecular flexibility index (Phi) is 5.94. The number of rotatable bonds is 7. The minimum Gasteiger partial charge on any atom is -0.369 e. The maximum Gasteiger partial charge on any atom is 0.220 e. The molecule has 140 valence electrons. The number of aryl methyl sites for hydroxylation is 2. The van der Waals surface area contributed by atoms with Gasteiger partial charge in [-0.25, -0.2) is 0 Å². The van der Waals surface area contributed by atoms with Crippen LogP contribution in [-0.2, 0) is 17.8 Å². The lowest BCUT2D eigenvalue weighted by Gasteiger charge is -2.27. The molecule has 1 aliphatic rings. The Bertz CT molecular complexity index is 771. The largest absolute Gasteiger partial charge is 0.369 e. The van der Waals surface area contributed by atoms with Gasteiger partial charge >= 0.3 is 0 Å². The normalized spacial score (nSPS) is 20.2. The molecule has 0 bridgehead atoms. The molecule has 2 aromatic heterocycles. The molecule has 3 rings (SSSR count). The number of likely N-dealkylation sites (tertiary alicyclic amines) is 1. The van der Waals surface area contributed by atoms with Crippen LogP contribution in [0.15, 0.2) is 23.6 Å². The van der Waals surface area contributed by atoms with Crippen molar-refractivity contribution in [2.75, 3.05) is 19.6 Å². The fraction of sp³-hybridized carbons (Fsp3) is 0.500. The molecular formula is C20H28N3O2S+. The third kappa shape index (κ3) is 4.24. The number of hydrogen-bond acceptors (Lipinski definition) is 3. The highest BCUT2D eigenvalue weighted by Crippen LogP contribution is 2.18. The van der Waals surface area contributed by atoms with Crippen LogP contribution in [0, 0.1) is 19.8 Å². The smallest absolute Gasteiger partial charge is 0.220 e. The molecule has 0 saturated carbocycles. The number of primary amides is 1. The Labute approximate surface area is 158 Å². The molecule has 0 atom stereocenters. The van der Waals surface area contributed by atoms with E-state index in [1.54, 1.807) is 11.3 Å². The fourth-order valence-corrected chi connectivity index (χ4v) is 4.61. The van der Waals surface area contributed by atoms with Crippen LogP contribution in [0.25, 0.3) is 0 Å². The van der Waals surface area contributed by atoms with E-state index in [0.29, 0.717) is 6.54 Å². The van der Waals surface area contributed by atoms with E-state index in [4.69, 9.17) is 5.73 Å². The van der Waals surface area contributed by atoms with E-state index >= 15 is 0 Å². The van der Waals surface area contributed by atoms with Gasteiger partial charge in [-0.1, -0.05) is 6.07 Å². The number of hydrogen-bond donors (Lipinski definition) is 2. The summed E-state index contributed by atoms with van der Waals surface area (Å²) in [6.07, 6.45) is 2.57. The second kappa shape index (κ2) is 8.18. The highest BCUT2D eigenvalue weighted by atomic mass is 32.1. The Morgan fingerprint density at radius 3 is 2.65 bits per heavy atom. The van der Waals surface area contributed by atoms with Gasteiger partial charge in [0.2, 0.25) is 11.7 Å². The van der Waals surface area contributed by atoms with E-state index in [1.807, 2.05) is 13.0 Å². The highest BCUT2D eigenvalue weighted by molar-refractivity contribution is 7.09. The Balaban J connectivity index is 1.61. The van der Waals surface area contributed by atoms with Crippen LogP contribution in [0.4, 0.5) is 0 Å². The Hall–Kier alpha value is -1.92. The monoisotopic (exact) mass is 374 g/mol. The number of thiophene rings is 1. The van der Waals surface area contributed by atoms with Crippen LogP contribution in [0.1, 0.15) is 39.5 Å². The summed E-state index contributed by atoms with van der Waals surface area (Å²) in [5, 5.41) is 2.10. The minimum absolute atomic E-state index is 0.0174. The highest BCUT2D eigenvalue weighted by Gasteiger charge is 2.28. The van der Waals surface area contributed by atoms with Crippen molar-refractivity contribution in [2.45, 2.75) is 39.7 Å². The van der Waals surface area contributed by atoms with Crippen molar-refractivity contribution in [1.29, 1.82) is 0 Å². The van der Waals surface area contributed by atoms with Crippen LogP contribution in [0.2, 0.25) is 0 Å². The summed E-state index contributed by atoms with van der Waals surface area (Å²) in [6.45, 7) is 7.21. The van der Waals surface area contributed by atoms with Gasteiger partial charge in [0, 0.05) is 47.1 Å². The van der Waals surface area contributed by atoms with Crippen molar-refractivity contribution in [2.24, 2.45) is 11.7 Å². The number of ketones is 1. The first kappa shape index (κ1) is 18.9. The average Bonchev–Trinajstić information content (AvgIpc) is 3.22. The van der Waals surface area contributed by atoms with Gasteiger partial charge in [0.25, 0.3) is 0 Å². The molecule has 26 heavy (non-hydrogen) atoms. The Morgan fingerprint density at radius 1 is 1.31 bits per heavy atom. The van der Waals surface area contributed by atoms with E-state index < -0.39 is 0 Å². The number of nitrogens with zero attached hydrogens (tertiary/aromatic N) is 1. The van der Waals surface area contributed by atoms with Crippen molar-refractivity contribution in [3.63, 3.8) is 0 Å². The lowest BCUT2D eigenvalue weighted by Crippen LogP contribution is -3.14. The zero-order valence-corrected chi connectivity index (χ0v) is 16.4. The van der Waals surface area contributed by atoms with Crippen molar-refractivity contribution in [1.82, 2.24) is 4.57 Å². The molecule has 0 aromatic carbocycles. The van der Waals surface area contributed by atoms with Gasteiger partial charge in [-0.2, -0.15) is 0 Å². The molecule has 0 aliphatic carbocycles. The first-order valence-electron chi connectivity index (χ1n) is 9.31. The molecule has 6 heteroatoms. The summed E-state index contributed by atoms with van der Waals surface area (Å²) in [7, 11) is 0. The van der Waals surface area contributed by atoms with Crippen LogP contribution in [-0.4, -0.2) is 35.9 Å². The van der Waals surface area contributed by atoms with Crippen LogP contribution in [0.3, 0.4) is 0 Å². The van der Waals surface area contributed by atoms with Gasteiger partial charge in [0.15, 0.2) is 0 Å². The van der Waals surface area contributed by atoms with Crippen molar-refractivity contribution in [3.8, 4) is 0 Å². The van der Waals surface area contributed by atoms with E-state index in [1.165, 1.54) is 9.78 Å². The number of amides is 1. The summed E-state index contributed by atoms with van der Waals surface area (Å²) < 4.78 is 2.25. The molecule has 3 heterocycles. The minimum atomic E-state index is -0.204. The Morgan fingerprint density at radius 2 is 2.04 bits per heavy atom. The van der Waals surface area contributed by atoms with Gasteiger partial charge in [-0.3, -0.25) is 9.59 Å². The van der Waals surface area contributed by atoms with Crippen LogP contribution < -0.4 is 10.6 Å². The lowest BCUT2D eigenvalue weighted by molar-refractivity contribution is -0.897. The van der Waals surface area contributed by atoms with Gasteiger partial charge in [0.1, 0.15) is 6.54 Å². The number of Topliss-reactive ketones (excluding diaryl/α,β-unsaturated/α-hetero) is 1. The van der Waals surface area contributed by atoms with Gasteiger partial charge in [-0.15, -0.1) is 11.3 Å². The summed E-state index contributed by atoms with van der Waals surface area (Å²) >= 11 is 1.78. The van der Waals surface area contributed by atoms with Crippen LogP contribution in [0.5, 0.6) is 0 Å². The maximum atomic E-state index is 12.8. The molecule has 2 aromatic rings. The number of nitrogens with one attached hydrogen (secondary N) is 1. The second-order valence-electron chi connectivity index (χ2n) is 7.29. The molecule has 0 spiro atoms. The molecule has 5 nitrogen and oxygen atoms in total. The predicted molar refractivity (Wildman–Crippen MR) is 104 cm³/mol. The fourth-order valence-electron chi connectivity index (χ4n) is 3.91. The molecule has 0 unspecified atom stereocenters. The third-order valence-corrected chi connectivity index (χ3v) is 6.48. The standard InChI is InChI=1S/C20H27N3O2S/c1-14-12-18(15(2)23(14)10-7-17-4-3-11-26-17)19(24)13-22-8-5-16(6-9-22)20(21)25/h3-4,11-12,16H,5-10,13H2,1-2H3,(H2,21,25)/p+1. The predicted octanol–water partition coefficient (Wildman–Crippen LogP) is 1.37. The SMILES string of the molecule is Cc1cc(C(=O)C[NH+]2CCC(C(N)=O)CC2)c(C)n1CCc1cccs1. The number of aromatic nitrogens is 1. The topological polar surface area (TPSA) is 69.5 Å². The van der Waals surface area contributed by atoms with Crippen molar-refractivity contribution >= 4 is 23.0 Å². The summed E-state index contributed by atoms with van der Waals surface area (Å²) in [5.74, 6) is -0.0196. The molecule has 3 N–H and O–H groups in total. The zero-order chi connectivity index (χ0) is 18.7. The van der Waals surface area contributed by atoms with Crippen molar-refractivity contribution in [3.05, 3.63) is 45.4 Å². The molecule has 1 fully saturated rings. The number of quaternary nitrogens is 1. The summed E-state index contributed by atoms with van der Waals surface area (Å²) in [6, 6.07) is 6.26.